The molecule has 0 aliphatic carbocycles. The van der Waals surface area contributed by atoms with Gasteiger partial charge in [0.25, 0.3) is 0 Å². The largest absolute Gasteiger partial charge is 0.224 e. The van der Waals surface area contributed by atoms with Gasteiger partial charge in [-0.2, -0.15) is 0 Å². The Morgan fingerprint density at radius 2 is 1.67 bits per heavy atom. The van der Waals surface area contributed by atoms with Crippen LogP contribution in [0.2, 0.25) is 0 Å². The lowest BCUT2D eigenvalue weighted by molar-refractivity contribution is 0.602. The molecule has 0 amide bonds. The first kappa shape index (κ1) is 12.9. The highest BCUT2D eigenvalue weighted by Crippen LogP contribution is 2.14. The fourth-order valence-corrected chi connectivity index (χ4v) is 2.77. The van der Waals surface area contributed by atoms with Crippen LogP contribution >= 0.6 is 11.3 Å². The first-order valence-corrected chi connectivity index (χ1v) is 8.04. The van der Waals surface area contributed by atoms with Gasteiger partial charge in [0.15, 0.2) is 9.84 Å². The van der Waals surface area contributed by atoms with Gasteiger partial charge in [0.05, 0.1) is 9.77 Å². The van der Waals surface area contributed by atoms with Crippen LogP contribution < -0.4 is 0 Å². The fraction of sp³-hybridized carbons (Fsp3) is 0.143. The van der Waals surface area contributed by atoms with Gasteiger partial charge in [-0.3, -0.25) is 0 Å². The quantitative estimate of drug-likeness (QED) is 0.751. The number of rotatable bonds is 1. The Bertz CT molecular complexity index is 711. The monoisotopic (exact) mass is 276 g/mol. The third-order valence-corrected chi connectivity index (χ3v) is 4.40. The molecule has 2 nitrogen and oxygen atoms in total. The van der Waals surface area contributed by atoms with Crippen LogP contribution in [0.15, 0.2) is 41.3 Å². The van der Waals surface area contributed by atoms with Gasteiger partial charge in [0.2, 0.25) is 0 Å². The third-order valence-electron chi connectivity index (χ3n) is 2.35. The summed E-state index contributed by atoms with van der Waals surface area (Å²) in [5.74, 6) is 6.08. The van der Waals surface area contributed by atoms with E-state index in [0.29, 0.717) is 4.90 Å². The Kier molecular flexibility index (Phi) is 3.55. The zero-order valence-electron chi connectivity index (χ0n) is 10.1. The predicted molar refractivity (Wildman–Crippen MR) is 74.6 cm³/mol. The molecular weight excluding hydrogens is 264 g/mol. The summed E-state index contributed by atoms with van der Waals surface area (Å²) in [6.45, 7) is 2.04. The Morgan fingerprint density at radius 3 is 2.17 bits per heavy atom. The van der Waals surface area contributed by atoms with Crippen LogP contribution in [0.4, 0.5) is 0 Å². The second kappa shape index (κ2) is 4.97. The number of aryl methyl sites for hydroxylation is 1. The maximum atomic E-state index is 11.3. The fourth-order valence-electron chi connectivity index (χ4n) is 1.42. The molecule has 2 rings (SSSR count). The highest BCUT2D eigenvalue weighted by Gasteiger charge is 2.05. The molecule has 0 N–H and O–H groups in total. The molecule has 0 unspecified atom stereocenters. The van der Waals surface area contributed by atoms with Gasteiger partial charge in [0, 0.05) is 16.7 Å². The molecule has 0 fully saturated rings. The Balaban J connectivity index is 2.24. The lowest BCUT2D eigenvalue weighted by Gasteiger charge is -1.96. The van der Waals surface area contributed by atoms with Crippen molar-refractivity contribution in [2.24, 2.45) is 0 Å². The molecule has 0 aliphatic rings. The van der Waals surface area contributed by atoms with E-state index in [2.05, 4.69) is 11.8 Å². The molecule has 0 bridgehead atoms. The van der Waals surface area contributed by atoms with Gasteiger partial charge >= 0.3 is 0 Å². The van der Waals surface area contributed by atoms with Crippen molar-refractivity contribution < 1.29 is 8.42 Å². The number of hydrogen-bond acceptors (Lipinski definition) is 3. The van der Waals surface area contributed by atoms with Crippen molar-refractivity contribution in [3.63, 3.8) is 0 Å². The summed E-state index contributed by atoms with van der Waals surface area (Å²) in [4.78, 5) is 2.56. The molecule has 2 aromatic rings. The van der Waals surface area contributed by atoms with Crippen LogP contribution in [-0.4, -0.2) is 14.7 Å². The number of hydrogen-bond donors (Lipinski definition) is 0. The summed E-state index contributed by atoms with van der Waals surface area (Å²) in [6.07, 6.45) is 1.20. The molecule has 1 aromatic heterocycles. The summed E-state index contributed by atoms with van der Waals surface area (Å²) in [5, 5.41) is 0. The zero-order valence-corrected chi connectivity index (χ0v) is 11.7. The van der Waals surface area contributed by atoms with E-state index in [-0.39, 0.29) is 0 Å². The van der Waals surface area contributed by atoms with E-state index in [1.54, 1.807) is 35.6 Å². The average Bonchev–Trinajstić information content (AvgIpc) is 2.72. The minimum absolute atomic E-state index is 0.319. The van der Waals surface area contributed by atoms with Crippen molar-refractivity contribution in [1.82, 2.24) is 0 Å². The van der Waals surface area contributed by atoms with Crippen LogP contribution in [0, 0.1) is 18.8 Å². The molecule has 4 heteroatoms. The minimum atomic E-state index is -3.13. The number of sulfone groups is 1. The Morgan fingerprint density at radius 1 is 1.00 bits per heavy atom. The van der Waals surface area contributed by atoms with Crippen molar-refractivity contribution in [2.45, 2.75) is 11.8 Å². The van der Waals surface area contributed by atoms with E-state index in [4.69, 9.17) is 0 Å². The maximum absolute atomic E-state index is 11.3. The molecule has 0 aliphatic heterocycles. The molecule has 0 spiro atoms. The SMILES string of the molecule is Cc1ccc(C#Cc2ccc(S(C)(=O)=O)cc2)s1. The number of benzene rings is 1. The van der Waals surface area contributed by atoms with Gasteiger partial charge in [-0.1, -0.05) is 11.8 Å². The van der Waals surface area contributed by atoms with Gasteiger partial charge < -0.3 is 0 Å². The molecule has 0 radical (unpaired) electrons. The zero-order chi connectivity index (χ0) is 13.2. The van der Waals surface area contributed by atoms with Crippen molar-refractivity contribution in [3.05, 3.63) is 51.7 Å². The summed E-state index contributed by atoms with van der Waals surface area (Å²) in [5.41, 5.74) is 0.813. The van der Waals surface area contributed by atoms with Gasteiger partial charge in [0.1, 0.15) is 0 Å². The van der Waals surface area contributed by atoms with Crippen LogP contribution in [0.1, 0.15) is 15.3 Å². The average molecular weight is 276 g/mol. The molecule has 18 heavy (non-hydrogen) atoms. The molecule has 0 saturated heterocycles. The maximum Gasteiger partial charge on any atom is 0.175 e. The lowest BCUT2D eigenvalue weighted by Crippen LogP contribution is -1.96. The molecule has 0 atom stereocenters. The summed E-state index contributed by atoms with van der Waals surface area (Å²) in [7, 11) is -3.13. The molecule has 1 heterocycles. The van der Waals surface area contributed by atoms with Crippen LogP contribution in [0.5, 0.6) is 0 Å². The highest BCUT2D eigenvalue weighted by molar-refractivity contribution is 7.90. The van der Waals surface area contributed by atoms with E-state index < -0.39 is 9.84 Å². The van der Waals surface area contributed by atoms with Gasteiger partial charge in [-0.15, -0.1) is 11.3 Å². The van der Waals surface area contributed by atoms with Crippen molar-refractivity contribution >= 4 is 21.2 Å². The molecule has 1 aromatic carbocycles. The first-order valence-electron chi connectivity index (χ1n) is 5.34. The van der Waals surface area contributed by atoms with E-state index in [9.17, 15) is 8.42 Å². The van der Waals surface area contributed by atoms with E-state index in [0.717, 1.165) is 10.4 Å². The van der Waals surface area contributed by atoms with Gasteiger partial charge in [-0.05, 0) is 43.3 Å². The highest BCUT2D eigenvalue weighted by atomic mass is 32.2. The summed E-state index contributed by atoms with van der Waals surface area (Å²) >= 11 is 1.64. The van der Waals surface area contributed by atoms with Crippen LogP contribution in [0.3, 0.4) is 0 Å². The molecule has 0 saturated carbocycles. The van der Waals surface area contributed by atoms with E-state index >= 15 is 0 Å². The predicted octanol–water partition coefficient (Wildman–Crippen LogP) is 2.86. The third kappa shape index (κ3) is 3.22. The molecule has 92 valence electrons. The summed E-state index contributed by atoms with van der Waals surface area (Å²) in [6, 6.07) is 10.6. The topological polar surface area (TPSA) is 34.1 Å². The minimum Gasteiger partial charge on any atom is -0.224 e. The Labute approximate surface area is 111 Å². The van der Waals surface area contributed by atoms with Gasteiger partial charge in [-0.25, -0.2) is 8.42 Å². The Hall–Kier alpha value is -1.57. The van der Waals surface area contributed by atoms with E-state index in [1.165, 1.54) is 11.1 Å². The lowest BCUT2D eigenvalue weighted by atomic mass is 10.2. The standard InChI is InChI=1S/C14H12O2S2/c1-11-3-7-13(17-11)8-4-12-5-9-14(10-6-12)18(2,15)16/h3,5-7,9-10H,1-2H3. The number of thiophene rings is 1. The second-order valence-electron chi connectivity index (χ2n) is 3.96. The smallest absolute Gasteiger partial charge is 0.175 e. The van der Waals surface area contributed by atoms with Crippen molar-refractivity contribution in [2.75, 3.05) is 6.26 Å². The van der Waals surface area contributed by atoms with Crippen LogP contribution in [-0.2, 0) is 9.84 Å². The summed E-state index contributed by atoms with van der Waals surface area (Å²) < 4.78 is 22.6. The van der Waals surface area contributed by atoms with Crippen molar-refractivity contribution in [1.29, 1.82) is 0 Å². The van der Waals surface area contributed by atoms with E-state index in [1.807, 2.05) is 19.1 Å². The second-order valence-corrected chi connectivity index (χ2v) is 7.26. The van der Waals surface area contributed by atoms with Crippen LogP contribution in [0.25, 0.3) is 0 Å². The molecular formula is C14H12O2S2. The normalized spacial score (nSPS) is 10.8. The van der Waals surface area contributed by atoms with Crippen molar-refractivity contribution in [3.8, 4) is 11.8 Å². The first-order chi connectivity index (χ1) is 8.45.